The number of anilines is 1. The third-order valence-corrected chi connectivity index (χ3v) is 4.30. The van der Waals surface area contributed by atoms with Crippen molar-refractivity contribution in [3.05, 3.63) is 57.6 Å². The fraction of sp³-hybridized carbons (Fsp3) is 0.0667. The van der Waals surface area contributed by atoms with Crippen molar-refractivity contribution in [1.29, 1.82) is 0 Å². The Hall–Kier alpha value is -1.49. The van der Waals surface area contributed by atoms with Crippen molar-refractivity contribution in [2.75, 3.05) is 12.4 Å². The molecule has 0 aromatic heterocycles. The SMILES string of the molecule is CNc1ccc(C(=O)c2ccc(Cl)c(Cl)c2)cc1SC=O. The van der Waals surface area contributed by atoms with E-state index in [2.05, 4.69) is 5.32 Å². The number of benzene rings is 2. The summed E-state index contributed by atoms with van der Waals surface area (Å²) in [5.41, 5.74) is 2.45. The first kappa shape index (κ1) is 15.9. The highest BCUT2D eigenvalue weighted by Gasteiger charge is 2.13. The predicted octanol–water partition coefficient (Wildman–Crippen LogP) is 4.55. The lowest BCUT2D eigenvalue weighted by Crippen LogP contribution is -2.02. The van der Waals surface area contributed by atoms with E-state index in [0.29, 0.717) is 26.1 Å². The average Bonchev–Trinajstić information content (AvgIpc) is 2.49. The molecule has 0 aliphatic rings. The molecular formula is C15H11Cl2NO2S. The highest BCUT2D eigenvalue weighted by molar-refractivity contribution is 8.12. The molecule has 0 unspecified atom stereocenters. The van der Waals surface area contributed by atoms with E-state index in [9.17, 15) is 9.59 Å². The lowest BCUT2D eigenvalue weighted by molar-refractivity contribution is 0.103. The number of thioether (sulfide) groups is 1. The van der Waals surface area contributed by atoms with Crippen molar-refractivity contribution < 1.29 is 9.59 Å². The average molecular weight is 340 g/mol. The van der Waals surface area contributed by atoms with Crippen molar-refractivity contribution in [2.45, 2.75) is 4.90 Å². The van der Waals surface area contributed by atoms with Gasteiger partial charge in [0.2, 0.25) is 0 Å². The molecule has 0 aliphatic carbocycles. The van der Waals surface area contributed by atoms with Gasteiger partial charge in [0.15, 0.2) is 11.4 Å². The van der Waals surface area contributed by atoms with Gasteiger partial charge < -0.3 is 5.32 Å². The molecule has 0 heterocycles. The van der Waals surface area contributed by atoms with Crippen LogP contribution in [0.4, 0.5) is 5.69 Å². The maximum atomic E-state index is 12.4. The van der Waals surface area contributed by atoms with Crippen LogP contribution in [0.1, 0.15) is 15.9 Å². The van der Waals surface area contributed by atoms with Gasteiger partial charge >= 0.3 is 0 Å². The van der Waals surface area contributed by atoms with E-state index in [1.165, 1.54) is 6.07 Å². The molecule has 6 heteroatoms. The molecule has 2 aromatic rings. The highest BCUT2D eigenvalue weighted by Crippen LogP contribution is 2.29. The second kappa shape index (κ2) is 6.98. The molecular weight excluding hydrogens is 329 g/mol. The zero-order valence-electron chi connectivity index (χ0n) is 11.0. The molecule has 0 saturated carbocycles. The smallest absolute Gasteiger partial charge is 0.193 e. The van der Waals surface area contributed by atoms with Crippen LogP contribution in [0.25, 0.3) is 0 Å². The van der Waals surface area contributed by atoms with Gasteiger partial charge in [0.25, 0.3) is 0 Å². The fourth-order valence-corrected chi connectivity index (χ4v) is 2.72. The van der Waals surface area contributed by atoms with Gasteiger partial charge in [-0.15, -0.1) is 0 Å². The van der Waals surface area contributed by atoms with Crippen LogP contribution in [0, 0.1) is 0 Å². The first-order valence-electron chi connectivity index (χ1n) is 5.98. The standard InChI is InChI=1S/C15H11Cl2NO2S/c1-18-13-5-3-10(7-14(13)21-8-19)15(20)9-2-4-11(16)12(17)6-9/h2-8,18H,1H3. The number of carbonyl (C=O) groups excluding carboxylic acids is 2. The summed E-state index contributed by atoms with van der Waals surface area (Å²) in [5, 5.41) is 3.70. The van der Waals surface area contributed by atoms with Crippen LogP contribution < -0.4 is 5.32 Å². The van der Waals surface area contributed by atoms with Crippen LogP contribution in [-0.2, 0) is 4.79 Å². The van der Waals surface area contributed by atoms with Crippen molar-refractivity contribution in [2.24, 2.45) is 0 Å². The van der Waals surface area contributed by atoms with Crippen molar-refractivity contribution in [3.8, 4) is 0 Å². The lowest BCUT2D eigenvalue weighted by Gasteiger charge is -2.09. The Labute approximate surface area is 136 Å². The molecule has 0 saturated heterocycles. The number of rotatable bonds is 5. The monoisotopic (exact) mass is 339 g/mol. The minimum absolute atomic E-state index is 0.177. The van der Waals surface area contributed by atoms with Gasteiger partial charge in [-0.05, 0) is 36.4 Å². The van der Waals surface area contributed by atoms with Gasteiger partial charge in [0.1, 0.15) is 0 Å². The van der Waals surface area contributed by atoms with Gasteiger partial charge in [0, 0.05) is 28.8 Å². The fourth-order valence-electron chi connectivity index (χ4n) is 1.82. The Morgan fingerprint density at radius 3 is 2.38 bits per heavy atom. The van der Waals surface area contributed by atoms with Gasteiger partial charge in [-0.25, -0.2) is 0 Å². The van der Waals surface area contributed by atoms with Crippen LogP contribution in [-0.4, -0.2) is 18.4 Å². The first-order chi connectivity index (χ1) is 10.1. The quantitative estimate of drug-likeness (QED) is 0.493. The van der Waals surface area contributed by atoms with Crippen molar-refractivity contribution in [3.63, 3.8) is 0 Å². The maximum Gasteiger partial charge on any atom is 0.193 e. The van der Waals surface area contributed by atoms with Gasteiger partial charge in [-0.3, -0.25) is 9.59 Å². The predicted molar refractivity (Wildman–Crippen MR) is 88.5 cm³/mol. The molecule has 0 aliphatic heterocycles. The number of ketones is 1. The zero-order chi connectivity index (χ0) is 15.4. The number of nitrogens with one attached hydrogen (secondary N) is 1. The summed E-state index contributed by atoms with van der Waals surface area (Å²) in [5.74, 6) is -0.177. The summed E-state index contributed by atoms with van der Waals surface area (Å²) < 4.78 is 0. The lowest BCUT2D eigenvalue weighted by atomic mass is 10.0. The zero-order valence-corrected chi connectivity index (χ0v) is 13.4. The number of hydrogen-bond donors (Lipinski definition) is 1. The number of carbonyl (C=O) groups is 2. The first-order valence-corrected chi connectivity index (χ1v) is 7.62. The Kier molecular flexibility index (Phi) is 5.28. The Bertz CT molecular complexity index is 704. The van der Waals surface area contributed by atoms with Crippen LogP contribution >= 0.6 is 35.0 Å². The molecule has 1 N–H and O–H groups in total. The summed E-state index contributed by atoms with van der Waals surface area (Å²) in [6.45, 7) is 0. The van der Waals surface area contributed by atoms with Crippen LogP contribution in [0.15, 0.2) is 41.3 Å². The molecule has 0 atom stereocenters. The number of hydrogen-bond acceptors (Lipinski definition) is 4. The highest BCUT2D eigenvalue weighted by atomic mass is 35.5. The Morgan fingerprint density at radius 2 is 1.76 bits per heavy atom. The molecule has 0 fully saturated rings. The Morgan fingerprint density at radius 1 is 1.10 bits per heavy atom. The Balaban J connectivity index is 2.40. The molecule has 0 radical (unpaired) electrons. The van der Waals surface area contributed by atoms with E-state index < -0.39 is 0 Å². The van der Waals surface area contributed by atoms with E-state index in [1.807, 2.05) is 0 Å². The second-order valence-corrected chi connectivity index (χ2v) is 5.82. The van der Waals surface area contributed by atoms with Crippen molar-refractivity contribution in [1.82, 2.24) is 0 Å². The summed E-state index contributed by atoms with van der Waals surface area (Å²) in [7, 11) is 1.75. The van der Waals surface area contributed by atoms with E-state index >= 15 is 0 Å². The van der Waals surface area contributed by atoms with E-state index in [4.69, 9.17) is 23.2 Å². The molecule has 2 aromatic carbocycles. The van der Waals surface area contributed by atoms with E-state index in [1.54, 1.807) is 37.4 Å². The molecule has 2 rings (SSSR count). The molecule has 3 nitrogen and oxygen atoms in total. The van der Waals surface area contributed by atoms with Crippen LogP contribution in [0.2, 0.25) is 10.0 Å². The van der Waals surface area contributed by atoms with Crippen molar-refractivity contribution >= 4 is 52.1 Å². The van der Waals surface area contributed by atoms with Gasteiger partial charge in [0.05, 0.1) is 10.0 Å². The summed E-state index contributed by atoms with van der Waals surface area (Å²) in [4.78, 5) is 23.8. The van der Waals surface area contributed by atoms with Crippen LogP contribution in [0.3, 0.4) is 0 Å². The maximum absolute atomic E-state index is 12.4. The third kappa shape index (κ3) is 3.59. The molecule has 108 valence electrons. The summed E-state index contributed by atoms with van der Waals surface area (Å²) in [6.07, 6.45) is 0. The molecule has 21 heavy (non-hydrogen) atoms. The molecule has 0 spiro atoms. The van der Waals surface area contributed by atoms with E-state index in [-0.39, 0.29) is 5.78 Å². The minimum atomic E-state index is -0.177. The van der Waals surface area contributed by atoms with E-state index in [0.717, 1.165) is 23.1 Å². The van der Waals surface area contributed by atoms with Gasteiger partial charge in [-0.2, -0.15) is 0 Å². The van der Waals surface area contributed by atoms with Crippen LogP contribution in [0.5, 0.6) is 0 Å². The summed E-state index contributed by atoms with van der Waals surface area (Å²) in [6, 6.07) is 9.87. The second-order valence-electron chi connectivity index (χ2n) is 4.13. The summed E-state index contributed by atoms with van der Waals surface area (Å²) >= 11 is 12.8. The number of halogens is 2. The third-order valence-electron chi connectivity index (χ3n) is 2.87. The normalized spacial score (nSPS) is 10.2. The molecule has 0 bridgehead atoms. The minimum Gasteiger partial charge on any atom is -0.387 e. The molecule has 0 amide bonds. The largest absolute Gasteiger partial charge is 0.387 e. The van der Waals surface area contributed by atoms with Gasteiger partial charge in [-0.1, -0.05) is 35.0 Å². The topological polar surface area (TPSA) is 46.2 Å².